The van der Waals surface area contributed by atoms with Crippen LogP contribution in [-0.2, 0) is 14.8 Å². The van der Waals surface area contributed by atoms with Crippen LogP contribution in [0.1, 0.15) is 6.92 Å². The second-order valence-corrected chi connectivity index (χ2v) is 5.29. The molecule has 7 heteroatoms. The lowest BCUT2D eigenvalue weighted by atomic mass is 10.4. The molecule has 0 aliphatic rings. The first-order valence-electron chi connectivity index (χ1n) is 4.33. The summed E-state index contributed by atoms with van der Waals surface area (Å²) in [7, 11) is -3.84. The quantitative estimate of drug-likeness (QED) is 0.852. The van der Waals surface area contributed by atoms with Gasteiger partial charge in [0, 0.05) is 5.02 Å². The first-order valence-corrected chi connectivity index (χ1v) is 6.20. The molecule has 0 bridgehead atoms. The van der Waals surface area contributed by atoms with Crippen molar-refractivity contribution in [2.75, 3.05) is 0 Å². The fourth-order valence-corrected chi connectivity index (χ4v) is 2.48. The number of hydrogen-bond donors (Lipinski definition) is 2. The monoisotopic (exact) mass is 263 g/mol. The van der Waals surface area contributed by atoms with Crippen molar-refractivity contribution < 1.29 is 18.3 Å². The summed E-state index contributed by atoms with van der Waals surface area (Å²) in [5.74, 6) is -1.24. The smallest absolute Gasteiger partial charge is 0.321 e. The van der Waals surface area contributed by atoms with Crippen molar-refractivity contribution in [1.29, 1.82) is 0 Å². The Morgan fingerprint density at radius 3 is 2.62 bits per heavy atom. The van der Waals surface area contributed by atoms with Gasteiger partial charge in [-0.25, -0.2) is 8.42 Å². The molecule has 0 spiro atoms. The van der Waals surface area contributed by atoms with Gasteiger partial charge < -0.3 is 5.11 Å². The van der Waals surface area contributed by atoms with Gasteiger partial charge in [0.1, 0.15) is 6.04 Å². The van der Waals surface area contributed by atoms with Crippen molar-refractivity contribution >= 4 is 27.6 Å². The van der Waals surface area contributed by atoms with Crippen LogP contribution in [0, 0.1) is 0 Å². The van der Waals surface area contributed by atoms with Crippen molar-refractivity contribution in [1.82, 2.24) is 4.72 Å². The van der Waals surface area contributed by atoms with Gasteiger partial charge in [-0.1, -0.05) is 17.7 Å². The molecule has 0 amide bonds. The van der Waals surface area contributed by atoms with Gasteiger partial charge >= 0.3 is 5.97 Å². The molecule has 0 aliphatic heterocycles. The summed E-state index contributed by atoms with van der Waals surface area (Å²) in [6, 6.07) is 4.40. The van der Waals surface area contributed by atoms with Gasteiger partial charge in [0.15, 0.2) is 0 Å². The molecule has 88 valence electrons. The van der Waals surface area contributed by atoms with E-state index >= 15 is 0 Å². The highest BCUT2D eigenvalue weighted by Crippen LogP contribution is 2.15. The highest BCUT2D eigenvalue weighted by molar-refractivity contribution is 7.89. The molecule has 0 heterocycles. The number of nitrogens with one attached hydrogen (secondary N) is 1. The number of rotatable bonds is 4. The second-order valence-electron chi connectivity index (χ2n) is 3.14. The predicted molar refractivity (Wildman–Crippen MR) is 58.9 cm³/mol. The lowest BCUT2D eigenvalue weighted by molar-refractivity contribution is -0.138. The maximum atomic E-state index is 11.7. The number of carbonyl (C=O) groups is 1. The normalized spacial score (nSPS) is 13.4. The van der Waals surface area contributed by atoms with Gasteiger partial charge in [-0.15, -0.1) is 0 Å². The van der Waals surface area contributed by atoms with E-state index in [-0.39, 0.29) is 9.92 Å². The maximum absolute atomic E-state index is 11.7. The Hall–Kier alpha value is -1.11. The van der Waals surface area contributed by atoms with Crippen LogP contribution in [0.5, 0.6) is 0 Å². The van der Waals surface area contributed by atoms with E-state index in [4.69, 9.17) is 16.7 Å². The Morgan fingerprint density at radius 1 is 1.50 bits per heavy atom. The number of benzene rings is 1. The number of carboxylic acid groups (broad SMARTS) is 1. The first kappa shape index (κ1) is 13.0. The Morgan fingerprint density at radius 2 is 2.12 bits per heavy atom. The number of sulfonamides is 1. The minimum atomic E-state index is -3.84. The van der Waals surface area contributed by atoms with Crippen molar-refractivity contribution in [2.45, 2.75) is 17.9 Å². The van der Waals surface area contributed by atoms with Gasteiger partial charge in [-0.3, -0.25) is 4.79 Å². The topological polar surface area (TPSA) is 83.5 Å². The van der Waals surface area contributed by atoms with Gasteiger partial charge in [0.25, 0.3) is 0 Å². The molecule has 5 nitrogen and oxygen atoms in total. The molecule has 1 unspecified atom stereocenters. The molecule has 16 heavy (non-hydrogen) atoms. The third-order valence-corrected chi connectivity index (χ3v) is 3.58. The summed E-state index contributed by atoms with van der Waals surface area (Å²) in [5.41, 5.74) is 0. The van der Waals surface area contributed by atoms with Crippen molar-refractivity contribution in [3.05, 3.63) is 29.3 Å². The number of hydrogen-bond acceptors (Lipinski definition) is 3. The third-order valence-electron chi connectivity index (χ3n) is 1.81. The highest BCUT2D eigenvalue weighted by atomic mass is 35.5. The molecular formula is C9H10ClNO4S. The van der Waals surface area contributed by atoms with Crippen LogP contribution >= 0.6 is 11.6 Å². The van der Waals surface area contributed by atoms with Crippen LogP contribution in [0.15, 0.2) is 29.2 Å². The van der Waals surface area contributed by atoms with E-state index in [2.05, 4.69) is 0 Å². The summed E-state index contributed by atoms with van der Waals surface area (Å²) in [6.07, 6.45) is 0. The zero-order valence-electron chi connectivity index (χ0n) is 8.34. The fourth-order valence-electron chi connectivity index (χ4n) is 0.985. The van der Waals surface area contributed by atoms with Gasteiger partial charge in [-0.2, -0.15) is 4.72 Å². The molecule has 0 saturated carbocycles. The molecule has 2 N–H and O–H groups in total. The van der Waals surface area contributed by atoms with Gasteiger partial charge in [-0.05, 0) is 25.1 Å². The maximum Gasteiger partial charge on any atom is 0.321 e. The van der Waals surface area contributed by atoms with E-state index < -0.39 is 22.0 Å². The fraction of sp³-hybridized carbons (Fsp3) is 0.222. The summed E-state index contributed by atoms with van der Waals surface area (Å²) in [4.78, 5) is 10.5. The molecule has 0 aliphatic carbocycles. The van der Waals surface area contributed by atoms with E-state index in [1.54, 1.807) is 0 Å². The lowest BCUT2D eigenvalue weighted by Gasteiger charge is -2.10. The Kier molecular flexibility index (Phi) is 3.90. The Bertz CT molecular complexity index is 500. The summed E-state index contributed by atoms with van der Waals surface area (Å²) >= 11 is 5.64. The molecular weight excluding hydrogens is 254 g/mol. The molecule has 0 radical (unpaired) electrons. The Labute approximate surface area is 98.1 Å². The minimum Gasteiger partial charge on any atom is -0.480 e. The molecule has 0 saturated heterocycles. The lowest BCUT2D eigenvalue weighted by Crippen LogP contribution is -2.38. The van der Waals surface area contributed by atoms with E-state index in [0.29, 0.717) is 0 Å². The van der Waals surface area contributed by atoms with Crippen LogP contribution < -0.4 is 4.72 Å². The SMILES string of the molecule is CC(NS(=O)(=O)c1cccc(Cl)c1)C(=O)O. The van der Waals surface area contributed by atoms with Crippen LogP contribution in [0.3, 0.4) is 0 Å². The minimum absolute atomic E-state index is 0.0619. The molecule has 0 fully saturated rings. The van der Waals surface area contributed by atoms with Crippen molar-refractivity contribution in [3.63, 3.8) is 0 Å². The standard InChI is InChI=1S/C9H10ClNO4S/c1-6(9(12)13)11-16(14,15)8-4-2-3-7(10)5-8/h2-6,11H,1H3,(H,12,13). The molecule has 1 atom stereocenters. The second kappa shape index (κ2) is 4.82. The van der Waals surface area contributed by atoms with Gasteiger partial charge in [0.05, 0.1) is 4.90 Å². The number of carboxylic acids is 1. The molecule has 1 aromatic rings. The average molecular weight is 264 g/mol. The summed E-state index contributed by atoms with van der Waals surface area (Å²) in [5, 5.41) is 8.86. The predicted octanol–water partition coefficient (Wildman–Crippen LogP) is 1.09. The largest absolute Gasteiger partial charge is 0.480 e. The van der Waals surface area contributed by atoms with E-state index in [9.17, 15) is 13.2 Å². The van der Waals surface area contributed by atoms with Crippen molar-refractivity contribution in [3.8, 4) is 0 Å². The molecule has 1 rings (SSSR count). The third kappa shape index (κ3) is 3.19. The number of aliphatic carboxylic acids is 1. The zero-order valence-corrected chi connectivity index (χ0v) is 9.92. The molecule has 0 aromatic heterocycles. The van der Waals surface area contributed by atoms with Crippen molar-refractivity contribution in [2.24, 2.45) is 0 Å². The van der Waals surface area contributed by atoms with E-state index in [0.717, 1.165) is 0 Å². The van der Waals surface area contributed by atoms with E-state index in [1.807, 2.05) is 4.72 Å². The van der Waals surface area contributed by atoms with Crippen LogP contribution in [-0.4, -0.2) is 25.5 Å². The average Bonchev–Trinajstić information content (AvgIpc) is 2.17. The zero-order chi connectivity index (χ0) is 12.3. The summed E-state index contributed by atoms with van der Waals surface area (Å²) < 4.78 is 25.3. The van der Waals surface area contributed by atoms with E-state index in [1.165, 1.54) is 31.2 Å². The number of halogens is 1. The molecule has 1 aromatic carbocycles. The Balaban J connectivity index is 2.99. The van der Waals surface area contributed by atoms with Crippen LogP contribution in [0.25, 0.3) is 0 Å². The van der Waals surface area contributed by atoms with Crippen LogP contribution in [0.4, 0.5) is 0 Å². The summed E-state index contributed by atoms with van der Waals surface area (Å²) in [6.45, 7) is 1.24. The highest BCUT2D eigenvalue weighted by Gasteiger charge is 2.21. The first-order chi connectivity index (χ1) is 7.33. The van der Waals surface area contributed by atoms with Gasteiger partial charge in [0.2, 0.25) is 10.0 Å². The van der Waals surface area contributed by atoms with Crippen LogP contribution in [0.2, 0.25) is 5.02 Å².